The first-order chi connectivity index (χ1) is 7.17. The number of rotatable bonds is 5. The Hall–Kier alpha value is -1.56. The van der Waals surface area contributed by atoms with Crippen LogP contribution in [0.15, 0.2) is 12.7 Å². The zero-order valence-electron chi connectivity index (χ0n) is 8.30. The maximum Gasteiger partial charge on any atom is 0.508 e. The van der Waals surface area contributed by atoms with E-state index < -0.39 is 24.3 Å². The molecular weight excluding hydrogens is 204 g/mol. The molecule has 2 atom stereocenters. The van der Waals surface area contributed by atoms with Crippen LogP contribution in [0.2, 0.25) is 0 Å². The van der Waals surface area contributed by atoms with E-state index in [0.717, 1.165) is 6.08 Å². The van der Waals surface area contributed by atoms with Crippen molar-refractivity contribution >= 4 is 12.1 Å². The molecule has 1 fully saturated rings. The van der Waals surface area contributed by atoms with Gasteiger partial charge in [-0.1, -0.05) is 6.58 Å². The van der Waals surface area contributed by atoms with Gasteiger partial charge in [-0.25, -0.2) is 9.59 Å². The van der Waals surface area contributed by atoms with Crippen LogP contribution in [0.1, 0.15) is 0 Å². The summed E-state index contributed by atoms with van der Waals surface area (Å²) in [6.45, 7) is 3.34. The van der Waals surface area contributed by atoms with E-state index in [1.807, 2.05) is 0 Å². The molecule has 1 rings (SSSR count). The van der Waals surface area contributed by atoms with Crippen molar-refractivity contribution in [1.29, 1.82) is 0 Å². The molecule has 0 radical (unpaired) electrons. The molecule has 6 nitrogen and oxygen atoms in total. The number of esters is 1. The number of carbonyl (C=O) groups excluding carboxylic acids is 2. The summed E-state index contributed by atoms with van der Waals surface area (Å²) in [6.07, 6.45) is -0.762. The maximum absolute atomic E-state index is 10.8. The standard InChI is InChI=1S/C9H12O6/c1-3-8(10)13-4-6(12-2)7-5-14-9(11)15-7/h3,6-7H,1,4-5H2,2H3. The first-order valence-corrected chi connectivity index (χ1v) is 4.32. The molecule has 84 valence electrons. The van der Waals surface area contributed by atoms with Crippen LogP contribution >= 0.6 is 0 Å². The van der Waals surface area contributed by atoms with Crippen molar-refractivity contribution in [3.05, 3.63) is 12.7 Å². The highest BCUT2D eigenvalue weighted by Crippen LogP contribution is 2.13. The van der Waals surface area contributed by atoms with E-state index in [0.29, 0.717) is 0 Å². The van der Waals surface area contributed by atoms with Gasteiger partial charge in [-0.15, -0.1) is 0 Å². The van der Waals surface area contributed by atoms with E-state index >= 15 is 0 Å². The van der Waals surface area contributed by atoms with E-state index in [1.165, 1.54) is 7.11 Å². The van der Waals surface area contributed by atoms with Crippen LogP contribution < -0.4 is 0 Å². The molecule has 15 heavy (non-hydrogen) atoms. The Balaban J connectivity index is 2.38. The van der Waals surface area contributed by atoms with Crippen LogP contribution in [0.25, 0.3) is 0 Å². The number of methoxy groups -OCH3 is 1. The van der Waals surface area contributed by atoms with E-state index in [9.17, 15) is 9.59 Å². The monoisotopic (exact) mass is 216 g/mol. The average molecular weight is 216 g/mol. The number of carbonyl (C=O) groups is 2. The van der Waals surface area contributed by atoms with Gasteiger partial charge in [0.2, 0.25) is 0 Å². The minimum absolute atomic E-state index is 0.0112. The van der Waals surface area contributed by atoms with Crippen LogP contribution in [0.3, 0.4) is 0 Å². The van der Waals surface area contributed by atoms with Crippen molar-refractivity contribution in [2.75, 3.05) is 20.3 Å². The Morgan fingerprint density at radius 2 is 2.53 bits per heavy atom. The van der Waals surface area contributed by atoms with Crippen LogP contribution in [-0.4, -0.2) is 44.7 Å². The second kappa shape index (κ2) is 5.35. The molecule has 0 aromatic carbocycles. The quantitative estimate of drug-likeness (QED) is 0.485. The van der Waals surface area contributed by atoms with Gasteiger partial charge in [0.25, 0.3) is 0 Å². The maximum atomic E-state index is 10.8. The number of cyclic esters (lactones) is 2. The van der Waals surface area contributed by atoms with Gasteiger partial charge >= 0.3 is 12.1 Å². The largest absolute Gasteiger partial charge is 0.508 e. The van der Waals surface area contributed by atoms with Gasteiger partial charge in [0.05, 0.1) is 0 Å². The molecule has 0 bridgehead atoms. The van der Waals surface area contributed by atoms with Crippen LogP contribution in [0.4, 0.5) is 4.79 Å². The molecule has 1 heterocycles. The minimum atomic E-state index is -0.739. The lowest BCUT2D eigenvalue weighted by Gasteiger charge is -2.18. The SMILES string of the molecule is C=CC(=O)OCC(OC)C1COC(=O)O1. The fraction of sp³-hybridized carbons (Fsp3) is 0.556. The van der Waals surface area contributed by atoms with Gasteiger partial charge in [-0.2, -0.15) is 0 Å². The van der Waals surface area contributed by atoms with Gasteiger partial charge in [-0.3, -0.25) is 0 Å². The Morgan fingerprint density at radius 3 is 3.00 bits per heavy atom. The van der Waals surface area contributed by atoms with Gasteiger partial charge in [0, 0.05) is 13.2 Å². The lowest BCUT2D eigenvalue weighted by molar-refractivity contribution is -0.143. The molecule has 2 unspecified atom stereocenters. The van der Waals surface area contributed by atoms with Crippen molar-refractivity contribution in [2.45, 2.75) is 12.2 Å². The van der Waals surface area contributed by atoms with Crippen LogP contribution in [-0.2, 0) is 23.7 Å². The first kappa shape index (κ1) is 11.5. The Morgan fingerprint density at radius 1 is 1.80 bits per heavy atom. The summed E-state index contributed by atoms with van der Waals surface area (Å²) in [6, 6.07) is 0. The van der Waals surface area contributed by atoms with Crippen molar-refractivity contribution < 1.29 is 28.5 Å². The third-order valence-corrected chi connectivity index (χ3v) is 1.89. The van der Waals surface area contributed by atoms with E-state index in [2.05, 4.69) is 11.3 Å². The predicted octanol–water partition coefficient (Wildman–Crippen LogP) is 0.266. The topological polar surface area (TPSA) is 71.1 Å². The number of hydrogen-bond acceptors (Lipinski definition) is 6. The number of hydrogen-bond donors (Lipinski definition) is 0. The van der Waals surface area contributed by atoms with E-state index in [4.69, 9.17) is 14.2 Å². The molecule has 6 heteroatoms. The molecule has 0 aromatic rings. The fourth-order valence-electron chi connectivity index (χ4n) is 1.08. The summed E-state index contributed by atoms with van der Waals surface area (Å²) in [5.41, 5.74) is 0. The molecule has 0 saturated carbocycles. The van der Waals surface area contributed by atoms with Gasteiger partial charge in [0.15, 0.2) is 6.10 Å². The van der Waals surface area contributed by atoms with E-state index in [1.54, 1.807) is 0 Å². The number of ether oxygens (including phenoxy) is 4. The van der Waals surface area contributed by atoms with Gasteiger partial charge in [-0.05, 0) is 0 Å². The summed E-state index contributed by atoms with van der Waals surface area (Å²) in [7, 11) is 1.43. The third-order valence-electron chi connectivity index (χ3n) is 1.89. The van der Waals surface area contributed by atoms with Gasteiger partial charge in [0.1, 0.15) is 19.3 Å². The Labute approximate surface area is 86.7 Å². The van der Waals surface area contributed by atoms with Crippen LogP contribution in [0, 0.1) is 0 Å². The van der Waals surface area contributed by atoms with Crippen molar-refractivity contribution in [2.24, 2.45) is 0 Å². The molecule has 0 aliphatic carbocycles. The second-order valence-corrected chi connectivity index (χ2v) is 2.83. The van der Waals surface area contributed by atoms with Crippen molar-refractivity contribution in [3.8, 4) is 0 Å². The van der Waals surface area contributed by atoms with Crippen molar-refractivity contribution in [3.63, 3.8) is 0 Å². The molecule has 1 aliphatic heterocycles. The first-order valence-electron chi connectivity index (χ1n) is 4.32. The van der Waals surface area contributed by atoms with Gasteiger partial charge < -0.3 is 18.9 Å². The van der Waals surface area contributed by atoms with E-state index in [-0.39, 0.29) is 13.2 Å². The van der Waals surface area contributed by atoms with Crippen molar-refractivity contribution in [1.82, 2.24) is 0 Å². The molecule has 0 aromatic heterocycles. The normalized spacial score (nSPS) is 21.4. The predicted molar refractivity (Wildman–Crippen MR) is 48.2 cm³/mol. The van der Waals surface area contributed by atoms with Crippen LogP contribution in [0.5, 0.6) is 0 Å². The summed E-state index contributed by atoms with van der Waals surface area (Å²) < 4.78 is 19.1. The Bertz CT molecular complexity index is 261. The average Bonchev–Trinajstić information content (AvgIpc) is 2.65. The zero-order valence-corrected chi connectivity index (χ0v) is 8.30. The lowest BCUT2D eigenvalue weighted by Crippen LogP contribution is -2.35. The fourth-order valence-corrected chi connectivity index (χ4v) is 1.08. The highest BCUT2D eigenvalue weighted by Gasteiger charge is 2.33. The smallest absolute Gasteiger partial charge is 0.460 e. The highest BCUT2D eigenvalue weighted by molar-refractivity contribution is 5.81. The second-order valence-electron chi connectivity index (χ2n) is 2.83. The summed E-state index contributed by atoms with van der Waals surface area (Å²) in [4.78, 5) is 21.4. The summed E-state index contributed by atoms with van der Waals surface area (Å²) in [5, 5.41) is 0. The minimum Gasteiger partial charge on any atom is -0.460 e. The molecular formula is C9H12O6. The summed E-state index contributed by atoms with van der Waals surface area (Å²) in [5.74, 6) is -0.553. The molecule has 0 amide bonds. The zero-order chi connectivity index (χ0) is 11.3. The lowest BCUT2D eigenvalue weighted by atomic mass is 10.2. The Kier molecular flexibility index (Phi) is 4.11. The molecule has 1 saturated heterocycles. The third kappa shape index (κ3) is 3.25. The summed E-state index contributed by atoms with van der Waals surface area (Å²) >= 11 is 0. The molecule has 0 N–H and O–H groups in total. The highest BCUT2D eigenvalue weighted by atomic mass is 16.8. The molecule has 1 aliphatic rings. The molecule has 0 spiro atoms.